The minimum atomic E-state index is -1.94. The summed E-state index contributed by atoms with van der Waals surface area (Å²) >= 11 is 5.88. The fourth-order valence-corrected chi connectivity index (χ4v) is 2.38. The highest BCUT2D eigenvalue weighted by Gasteiger charge is 2.45. The van der Waals surface area contributed by atoms with Crippen LogP contribution in [0.25, 0.3) is 0 Å². The molecule has 20 heavy (non-hydrogen) atoms. The van der Waals surface area contributed by atoms with E-state index in [4.69, 9.17) is 16.7 Å². The van der Waals surface area contributed by atoms with Crippen LogP contribution in [0.15, 0.2) is 0 Å². The van der Waals surface area contributed by atoms with Crippen LogP contribution in [-0.2, 0) is 14.3 Å². The third kappa shape index (κ3) is 6.60. The van der Waals surface area contributed by atoms with Crippen molar-refractivity contribution in [2.24, 2.45) is 11.8 Å². The summed E-state index contributed by atoms with van der Waals surface area (Å²) in [7, 11) is 1.15. The van der Waals surface area contributed by atoms with Crippen LogP contribution in [0.4, 0.5) is 0 Å². The molecule has 0 bridgehead atoms. The van der Waals surface area contributed by atoms with E-state index in [1.54, 1.807) is 0 Å². The lowest BCUT2D eigenvalue weighted by Gasteiger charge is -2.20. The summed E-state index contributed by atoms with van der Waals surface area (Å²) in [5.74, 6) is -0.997. The highest BCUT2D eigenvalue weighted by atomic mass is 35.5. The van der Waals surface area contributed by atoms with Crippen LogP contribution >= 0.6 is 11.6 Å². The summed E-state index contributed by atoms with van der Waals surface area (Å²) in [6.07, 6.45) is 5.09. The maximum atomic E-state index is 11.5. The Bertz CT molecular complexity index is 317. The summed E-state index contributed by atoms with van der Waals surface area (Å²) in [5.41, 5.74) is 0. The molecule has 0 saturated carbocycles. The van der Waals surface area contributed by atoms with Gasteiger partial charge in [0.1, 0.15) is 0 Å². The first kappa shape index (κ1) is 19.2. The second kappa shape index (κ2) is 9.22. The molecule has 0 unspecified atom stereocenters. The summed E-state index contributed by atoms with van der Waals surface area (Å²) < 4.78 is 4.47. The second-order valence-corrected chi connectivity index (χ2v) is 6.57. The molecule has 0 amide bonds. The molecule has 5 heteroatoms. The lowest BCUT2D eigenvalue weighted by atomic mass is 9.93. The predicted octanol–water partition coefficient (Wildman–Crippen LogP) is 3.85. The van der Waals surface area contributed by atoms with Gasteiger partial charge in [0, 0.05) is 0 Å². The summed E-state index contributed by atoms with van der Waals surface area (Å²) in [4.78, 5) is 20.6. The average Bonchev–Trinajstić information content (AvgIpc) is 2.36. The molecule has 4 nitrogen and oxygen atoms in total. The van der Waals surface area contributed by atoms with E-state index in [-0.39, 0.29) is 6.42 Å². The molecule has 0 heterocycles. The molecule has 0 aliphatic carbocycles. The van der Waals surface area contributed by atoms with Gasteiger partial charge in [0.2, 0.25) is 4.87 Å². The molecule has 0 aromatic carbocycles. The third-order valence-corrected chi connectivity index (χ3v) is 4.05. The van der Waals surface area contributed by atoms with E-state index in [1.807, 2.05) is 0 Å². The molecule has 0 aromatic heterocycles. The number of carbonyl (C=O) groups is 2. The van der Waals surface area contributed by atoms with E-state index in [0.717, 1.165) is 20.0 Å². The van der Waals surface area contributed by atoms with Crippen LogP contribution < -0.4 is 0 Å². The number of alkyl halides is 1. The van der Waals surface area contributed by atoms with Crippen LogP contribution in [-0.4, -0.2) is 29.0 Å². The molecule has 0 saturated heterocycles. The van der Waals surface area contributed by atoms with Gasteiger partial charge in [-0.1, -0.05) is 64.5 Å². The van der Waals surface area contributed by atoms with Crippen LogP contribution in [0.1, 0.15) is 59.3 Å². The van der Waals surface area contributed by atoms with E-state index in [0.29, 0.717) is 18.3 Å². The van der Waals surface area contributed by atoms with E-state index < -0.39 is 16.8 Å². The standard InChI is InChI=1S/C15H27ClO4/c1-11(2)7-5-8-12(3)9-6-10-15(16,13(17)18)14(19)20-4/h11-12H,5-10H2,1-4H3,(H,17,18)/t12-,15-/m1/s1. The lowest BCUT2D eigenvalue weighted by Crippen LogP contribution is -2.42. The van der Waals surface area contributed by atoms with Crippen LogP contribution in [0, 0.1) is 11.8 Å². The highest BCUT2D eigenvalue weighted by molar-refractivity contribution is 6.44. The smallest absolute Gasteiger partial charge is 0.338 e. The molecule has 118 valence electrons. The SMILES string of the molecule is COC(=O)[C@@](Cl)(CCC[C@H](C)CCCC(C)C)C(=O)O. The van der Waals surface area contributed by atoms with E-state index >= 15 is 0 Å². The molecule has 0 spiro atoms. The van der Waals surface area contributed by atoms with Crippen molar-refractivity contribution in [3.63, 3.8) is 0 Å². The van der Waals surface area contributed by atoms with Gasteiger partial charge in [0.05, 0.1) is 7.11 Å². The number of ether oxygens (including phenoxy) is 1. The third-order valence-electron chi connectivity index (χ3n) is 3.54. The van der Waals surface area contributed by atoms with Gasteiger partial charge in [-0.3, -0.25) is 0 Å². The van der Waals surface area contributed by atoms with Gasteiger partial charge in [0.25, 0.3) is 0 Å². The van der Waals surface area contributed by atoms with Crippen molar-refractivity contribution in [3.8, 4) is 0 Å². The first-order valence-electron chi connectivity index (χ1n) is 7.24. The number of methoxy groups -OCH3 is 1. The monoisotopic (exact) mass is 306 g/mol. The number of rotatable bonds is 10. The van der Waals surface area contributed by atoms with Gasteiger partial charge >= 0.3 is 11.9 Å². The van der Waals surface area contributed by atoms with Crippen molar-refractivity contribution in [2.45, 2.75) is 64.2 Å². The molecular formula is C15H27ClO4. The maximum Gasteiger partial charge on any atom is 0.338 e. The van der Waals surface area contributed by atoms with Crippen molar-refractivity contribution in [2.75, 3.05) is 7.11 Å². The van der Waals surface area contributed by atoms with Crippen LogP contribution in [0.5, 0.6) is 0 Å². The zero-order chi connectivity index (χ0) is 15.8. The van der Waals surface area contributed by atoms with E-state index in [9.17, 15) is 9.59 Å². The molecule has 1 N–H and O–H groups in total. The largest absolute Gasteiger partial charge is 0.479 e. The Morgan fingerprint density at radius 3 is 2.15 bits per heavy atom. The number of hydrogen-bond donors (Lipinski definition) is 1. The zero-order valence-corrected chi connectivity index (χ0v) is 13.7. The number of aliphatic carboxylic acids is 1. The van der Waals surface area contributed by atoms with E-state index in [2.05, 4.69) is 25.5 Å². The Morgan fingerprint density at radius 2 is 1.70 bits per heavy atom. The summed E-state index contributed by atoms with van der Waals surface area (Å²) in [6.45, 7) is 6.56. The van der Waals surface area contributed by atoms with Gasteiger partial charge in [-0.25, -0.2) is 9.59 Å². The van der Waals surface area contributed by atoms with Gasteiger partial charge in [0.15, 0.2) is 0 Å². The Balaban J connectivity index is 4.12. The normalized spacial score (nSPS) is 15.7. The Labute approximate surface area is 126 Å². The summed E-state index contributed by atoms with van der Waals surface area (Å²) in [6, 6.07) is 0. The topological polar surface area (TPSA) is 63.6 Å². The number of hydrogen-bond acceptors (Lipinski definition) is 3. The average molecular weight is 307 g/mol. The quantitative estimate of drug-likeness (QED) is 0.378. The number of carboxylic acid groups (broad SMARTS) is 1. The minimum Gasteiger partial charge on any atom is -0.479 e. The molecule has 0 rings (SSSR count). The second-order valence-electron chi connectivity index (χ2n) is 5.92. The number of carboxylic acids is 1. The summed E-state index contributed by atoms with van der Waals surface area (Å²) in [5, 5.41) is 9.07. The van der Waals surface area contributed by atoms with Gasteiger partial charge in [-0.2, -0.15) is 0 Å². The minimum absolute atomic E-state index is 0.102. The first-order chi connectivity index (χ1) is 9.24. The Kier molecular flexibility index (Phi) is 8.86. The molecule has 0 radical (unpaired) electrons. The predicted molar refractivity (Wildman–Crippen MR) is 79.9 cm³/mol. The molecule has 0 fully saturated rings. The van der Waals surface area contributed by atoms with Crippen molar-refractivity contribution in [1.82, 2.24) is 0 Å². The number of esters is 1. The van der Waals surface area contributed by atoms with Gasteiger partial charge < -0.3 is 9.84 Å². The fraction of sp³-hybridized carbons (Fsp3) is 0.867. The van der Waals surface area contributed by atoms with E-state index in [1.165, 1.54) is 12.8 Å². The fourth-order valence-electron chi connectivity index (χ4n) is 2.17. The molecule has 0 aliphatic heterocycles. The van der Waals surface area contributed by atoms with Crippen molar-refractivity contribution >= 4 is 23.5 Å². The highest BCUT2D eigenvalue weighted by Crippen LogP contribution is 2.27. The lowest BCUT2D eigenvalue weighted by molar-refractivity contribution is -0.154. The van der Waals surface area contributed by atoms with Crippen molar-refractivity contribution in [1.29, 1.82) is 0 Å². The van der Waals surface area contributed by atoms with Crippen molar-refractivity contribution in [3.05, 3.63) is 0 Å². The first-order valence-corrected chi connectivity index (χ1v) is 7.62. The molecule has 2 atom stereocenters. The van der Waals surface area contributed by atoms with Crippen molar-refractivity contribution < 1.29 is 19.4 Å². The molecule has 0 aromatic rings. The maximum absolute atomic E-state index is 11.5. The Hall–Kier alpha value is -0.770. The van der Waals surface area contributed by atoms with Gasteiger partial charge in [-0.15, -0.1) is 0 Å². The molecular weight excluding hydrogens is 280 g/mol. The number of carbonyl (C=O) groups excluding carboxylic acids is 1. The van der Waals surface area contributed by atoms with Gasteiger partial charge in [-0.05, 0) is 18.3 Å². The number of halogens is 1. The Morgan fingerprint density at radius 1 is 1.15 bits per heavy atom. The zero-order valence-electron chi connectivity index (χ0n) is 12.9. The van der Waals surface area contributed by atoms with Crippen LogP contribution in [0.2, 0.25) is 0 Å². The van der Waals surface area contributed by atoms with Crippen LogP contribution in [0.3, 0.4) is 0 Å². The molecule has 0 aliphatic rings.